The van der Waals surface area contributed by atoms with Crippen molar-refractivity contribution in [2.24, 2.45) is 0 Å². The molecule has 0 saturated carbocycles. The Morgan fingerprint density at radius 2 is 2.07 bits per heavy atom. The molecule has 1 aliphatic heterocycles. The maximum absolute atomic E-state index is 12.0. The highest BCUT2D eigenvalue weighted by Gasteiger charge is 2.39. The summed E-state index contributed by atoms with van der Waals surface area (Å²) < 4.78 is 11.0. The fourth-order valence-corrected chi connectivity index (χ4v) is 1.90. The Hall–Kier alpha value is -0.410. The van der Waals surface area contributed by atoms with Gasteiger partial charge in [0.15, 0.2) is 5.78 Å². The van der Waals surface area contributed by atoms with Crippen LogP contribution in [-0.2, 0) is 14.3 Å². The molecule has 88 valence electrons. The number of unbranched alkanes of at least 4 members (excludes halogenated alkanes) is 2. The number of carbonyl (C=O) groups excluding carboxylic acids is 1. The molecular formula is C12H22O3. The van der Waals surface area contributed by atoms with Crippen molar-refractivity contribution in [3.63, 3.8) is 0 Å². The number of rotatable bonds is 6. The summed E-state index contributed by atoms with van der Waals surface area (Å²) in [6.07, 6.45) is 4.58. The Kier molecular flexibility index (Phi) is 5.26. The summed E-state index contributed by atoms with van der Waals surface area (Å²) in [6, 6.07) is 0. The summed E-state index contributed by atoms with van der Waals surface area (Å²) in [5.41, 5.74) is -0.633. The van der Waals surface area contributed by atoms with E-state index in [1.54, 1.807) is 0 Å². The molecule has 1 unspecified atom stereocenters. The molecule has 1 aliphatic rings. The molecule has 0 aromatic heterocycles. The second-order valence-corrected chi connectivity index (χ2v) is 4.13. The molecule has 0 aromatic rings. The lowest BCUT2D eigenvalue weighted by molar-refractivity contribution is -0.177. The third kappa shape index (κ3) is 3.28. The molecule has 1 heterocycles. The van der Waals surface area contributed by atoms with Crippen LogP contribution in [0, 0.1) is 0 Å². The minimum Gasteiger partial charge on any atom is -0.376 e. The first-order chi connectivity index (χ1) is 7.25. The predicted molar refractivity (Wildman–Crippen MR) is 58.9 cm³/mol. The highest BCUT2D eigenvalue weighted by Crippen LogP contribution is 2.24. The minimum absolute atomic E-state index is 0.221. The highest BCUT2D eigenvalue weighted by atomic mass is 16.6. The third-order valence-electron chi connectivity index (χ3n) is 3.03. The molecule has 15 heavy (non-hydrogen) atoms. The molecule has 0 N–H and O–H groups in total. The molecule has 0 bridgehead atoms. The first-order valence-corrected chi connectivity index (χ1v) is 6.00. The normalized spacial score (nSPS) is 26.5. The van der Waals surface area contributed by atoms with E-state index in [2.05, 4.69) is 6.92 Å². The van der Waals surface area contributed by atoms with Crippen LogP contribution >= 0.6 is 0 Å². The van der Waals surface area contributed by atoms with Gasteiger partial charge in [-0.05, 0) is 12.8 Å². The molecule has 1 rings (SSSR count). The van der Waals surface area contributed by atoms with Gasteiger partial charge in [0.05, 0.1) is 19.8 Å². The summed E-state index contributed by atoms with van der Waals surface area (Å²) in [4.78, 5) is 12.0. The Labute approximate surface area is 92.1 Å². The van der Waals surface area contributed by atoms with E-state index in [9.17, 15) is 4.79 Å². The molecule has 1 fully saturated rings. The maximum Gasteiger partial charge on any atom is 0.167 e. The fourth-order valence-electron chi connectivity index (χ4n) is 1.90. The summed E-state index contributed by atoms with van der Waals surface area (Å²) in [5, 5.41) is 0. The molecule has 3 nitrogen and oxygen atoms in total. The van der Waals surface area contributed by atoms with Crippen molar-refractivity contribution in [2.75, 3.05) is 19.8 Å². The van der Waals surface area contributed by atoms with Crippen LogP contribution in [0.25, 0.3) is 0 Å². The average molecular weight is 214 g/mol. The van der Waals surface area contributed by atoms with Gasteiger partial charge < -0.3 is 9.47 Å². The second kappa shape index (κ2) is 6.23. The van der Waals surface area contributed by atoms with E-state index in [4.69, 9.17) is 9.47 Å². The lowest BCUT2D eigenvalue weighted by Gasteiger charge is -2.34. The molecule has 0 radical (unpaired) electrons. The van der Waals surface area contributed by atoms with Crippen molar-refractivity contribution in [1.29, 1.82) is 0 Å². The molecule has 0 amide bonds. The Bertz CT molecular complexity index is 195. The molecule has 1 saturated heterocycles. The van der Waals surface area contributed by atoms with Gasteiger partial charge in [0.2, 0.25) is 0 Å². The van der Waals surface area contributed by atoms with Crippen molar-refractivity contribution in [2.45, 2.75) is 51.6 Å². The quantitative estimate of drug-likeness (QED) is 0.637. The van der Waals surface area contributed by atoms with E-state index in [-0.39, 0.29) is 5.78 Å². The molecule has 0 aliphatic carbocycles. The zero-order chi connectivity index (χ0) is 11.1. The Balaban J connectivity index is 2.45. The van der Waals surface area contributed by atoms with Gasteiger partial charge >= 0.3 is 0 Å². The van der Waals surface area contributed by atoms with Crippen LogP contribution in [-0.4, -0.2) is 31.2 Å². The smallest absolute Gasteiger partial charge is 0.167 e. The van der Waals surface area contributed by atoms with Crippen LogP contribution in [0.1, 0.15) is 46.0 Å². The van der Waals surface area contributed by atoms with E-state index < -0.39 is 5.60 Å². The van der Waals surface area contributed by atoms with Crippen LogP contribution in [0.5, 0.6) is 0 Å². The van der Waals surface area contributed by atoms with Gasteiger partial charge in [-0.15, -0.1) is 0 Å². The van der Waals surface area contributed by atoms with Crippen molar-refractivity contribution < 1.29 is 14.3 Å². The van der Waals surface area contributed by atoms with Crippen molar-refractivity contribution >= 4 is 5.78 Å². The van der Waals surface area contributed by atoms with E-state index in [0.29, 0.717) is 26.2 Å². The number of carbonyl (C=O) groups is 1. The monoisotopic (exact) mass is 214 g/mol. The molecular weight excluding hydrogens is 192 g/mol. The SMILES string of the molecule is CCCCCC(=O)C1(CC)COCCO1. The number of hydrogen-bond acceptors (Lipinski definition) is 3. The van der Waals surface area contributed by atoms with Crippen LogP contribution < -0.4 is 0 Å². The van der Waals surface area contributed by atoms with Crippen LogP contribution in [0.3, 0.4) is 0 Å². The van der Waals surface area contributed by atoms with Crippen molar-refractivity contribution in [1.82, 2.24) is 0 Å². The van der Waals surface area contributed by atoms with E-state index >= 15 is 0 Å². The molecule has 0 aromatic carbocycles. The second-order valence-electron chi connectivity index (χ2n) is 4.13. The number of hydrogen-bond donors (Lipinski definition) is 0. The lowest BCUT2D eigenvalue weighted by atomic mass is 9.91. The molecule has 0 spiro atoms. The van der Waals surface area contributed by atoms with Crippen molar-refractivity contribution in [3.8, 4) is 0 Å². The zero-order valence-electron chi connectivity index (χ0n) is 9.88. The van der Waals surface area contributed by atoms with Gasteiger partial charge in [0.1, 0.15) is 5.60 Å². The number of Topliss-reactive ketones (excluding diaryl/α,β-unsaturated/α-hetero) is 1. The Morgan fingerprint density at radius 1 is 1.27 bits per heavy atom. The van der Waals surface area contributed by atoms with Crippen LogP contribution in [0.15, 0.2) is 0 Å². The minimum atomic E-state index is -0.633. The predicted octanol–water partition coefficient (Wildman–Crippen LogP) is 2.33. The van der Waals surface area contributed by atoms with Crippen LogP contribution in [0.2, 0.25) is 0 Å². The number of ether oxygens (including phenoxy) is 2. The molecule has 1 atom stereocenters. The van der Waals surface area contributed by atoms with Gasteiger partial charge in [-0.2, -0.15) is 0 Å². The fraction of sp³-hybridized carbons (Fsp3) is 0.917. The Morgan fingerprint density at radius 3 is 2.60 bits per heavy atom. The maximum atomic E-state index is 12.0. The first-order valence-electron chi connectivity index (χ1n) is 6.00. The third-order valence-corrected chi connectivity index (χ3v) is 3.03. The van der Waals surface area contributed by atoms with Crippen LogP contribution in [0.4, 0.5) is 0 Å². The van der Waals surface area contributed by atoms with E-state index in [1.807, 2.05) is 6.92 Å². The van der Waals surface area contributed by atoms with Crippen molar-refractivity contribution in [3.05, 3.63) is 0 Å². The number of ketones is 1. The summed E-state index contributed by atoms with van der Waals surface area (Å²) >= 11 is 0. The molecule has 3 heteroatoms. The van der Waals surface area contributed by atoms with E-state index in [1.165, 1.54) is 0 Å². The lowest BCUT2D eigenvalue weighted by Crippen LogP contribution is -2.49. The van der Waals surface area contributed by atoms with Gasteiger partial charge in [0.25, 0.3) is 0 Å². The summed E-state index contributed by atoms with van der Waals surface area (Å²) in [6.45, 7) is 5.73. The first kappa shape index (κ1) is 12.7. The van der Waals surface area contributed by atoms with Gasteiger partial charge in [0, 0.05) is 6.42 Å². The van der Waals surface area contributed by atoms with Gasteiger partial charge in [-0.1, -0.05) is 26.7 Å². The van der Waals surface area contributed by atoms with Gasteiger partial charge in [-0.3, -0.25) is 4.79 Å². The summed E-state index contributed by atoms with van der Waals surface area (Å²) in [7, 11) is 0. The standard InChI is InChI=1S/C12H22O3/c1-3-5-6-7-11(13)12(4-2)10-14-8-9-15-12/h3-10H2,1-2H3. The average Bonchev–Trinajstić information content (AvgIpc) is 2.30. The highest BCUT2D eigenvalue weighted by molar-refractivity contribution is 5.87. The van der Waals surface area contributed by atoms with Gasteiger partial charge in [-0.25, -0.2) is 0 Å². The summed E-state index contributed by atoms with van der Waals surface area (Å²) in [5.74, 6) is 0.221. The topological polar surface area (TPSA) is 35.5 Å². The zero-order valence-corrected chi connectivity index (χ0v) is 9.88. The van der Waals surface area contributed by atoms with E-state index in [0.717, 1.165) is 25.7 Å². The largest absolute Gasteiger partial charge is 0.376 e.